The standard InChI is InChI=1S/C25H32N3O2S.2ClH.H2N.Pt/c1-3-30-22-13-9-20(10-14-22)25-24(8-6-4-5-7-17-26)19(2)18-28(25)21-11-15-23(16-12-21)31(27)29;;;;/h9-16,18,26H,3-8,17,27H2,1-2H3;2*1H;1H2;/q-1;;;-1;+4/p-2. The van der Waals surface area contributed by atoms with Gasteiger partial charge in [-0.1, -0.05) is 19.3 Å². The average Bonchev–Trinajstić information content (AvgIpc) is 3.16. The summed E-state index contributed by atoms with van der Waals surface area (Å²) in [6.07, 6.45) is 7.52. The van der Waals surface area contributed by atoms with Crippen molar-refractivity contribution in [2.75, 3.05) is 13.2 Å². The quantitative estimate of drug-likeness (QED) is 0.202. The molecular weight excluding hydrogens is 686 g/mol. The van der Waals surface area contributed by atoms with Gasteiger partial charge in [0.1, 0.15) is 16.7 Å². The van der Waals surface area contributed by atoms with Gasteiger partial charge in [0.2, 0.25) is 0 Å². The Morgan fingerprint density at radius 3 is 2.17 bits per heavy atom. The zero-order chi connectivity index (χ0) is 24.9. The van der Waals surface area contributed by atoms with Crippen LogP contribution in [0.4, 0.5) is 0 Å². The monoisotopic (exact) mass is 719 g/mol. The number of unbranched alkanes of at least 4 members (excludes halogenated alkanes) is 3. The van der Waals surface area contributed by atoms with Crippen LogP contribution in [0.5, 0.6) is 5.75 Å². The normalized spacial score (nSPS) is 11.4. The molecule has 0 spiro atoms. The molecule has 0 aliphatic carbocycles. The molecule has 0 radical (unpaired) electrons. The molecule has 1 unspecified atom stereocenters. The van der Waals surface area contributed by atoms with Crippen LogP contribution in [-0.2, 0) is 33.9 Å². The molecule has 1 atom stereocenters. The largest absolute Gasteiger partial charge is 0.693 e. The maximum Gasteiger partial charge on any atom is -0.693 e. The summed E-state index contributed by atoms with van der Waals surface area (Å²) in [6, 6.07) is 15.8. The van der Waals surface area contributed by atoms with Crippen molar-refractivity contribution in [1.82, 2.24) is 4.57 Å². The van der Waals surface area contributed by atoms with Gasteiger partial charge < -0.3 is 21.2 Å². The third-order valence-corrected chi connectivity index (χ3v) is 6.20. The summed E-state index contributed by atoms with van der Waals surface area (Å²) in [4.78, 5) is 0.616. The van der Waals surface area contributed by atoms with Gasteiger partial charge in [-0.25, -0.2) is 9.35 Å². The second kappa shape index (κ2) is 17.3. The van der Waals surface area contributed by atoms with E-state index in [0.29, 0.717) is 18.0 Å². The van der Waals surface area contributed by atoms with Crippen molar-refractivity contribution in [3.05, 3.63) is 77.7 Å². The van der Waals surface area contributed by atoms with Crippen LogP contribution in [0.1, 0.15) is 43.7 Å². The molecule has 0 aliphatic heterocycles. The second-order valence-corrected chi connectivity index (χ2v) is 12.1. The number of benzene rings is 2. The van der Waals surface area contributed by atoms with Gasteiger partial charge >= 0.3 is 35.3 Å². The van der Waals surface area contributed by atoms with Gasteiger partial charge in [0.15, 0.2) is 0 Å². The molecule has 3 aromatic rings. The number of ether oxygens (including phenoxy) is 1. The fourth-order valence-corrected chi connectivity index (χ4v) is 4.30. The van der Waals surface area contributed by atoms with E-state index < -0.39 is 27.5 Å². The predicted octanol–water partition coefficient (Wildman–Crippen LogP) is 8.08. The third kappa shape index (κ3) is 9.66. The first-order valence-corrected chi connectivity index (χ1v) is 18.0. The van der Waals surface area contributed by atoms with Gasteiger partial charge in [-0.15, -0.1) is 0 Å². The van der Waals surface area contributed by atoms with Crippen molar-refractivity contribution in [2.24, 2.45) is 5.14 Å². The van der Waals surface area contributed by atoms with Gasteiger partial charge in [0.05, 0.1) is 17.2 Å². The van der Waals surface area contributed by atoms with Crippen LogP contribution in [0.3, 0.4) is 0 Å². The Morgan fingerprint density at radius 1 is 1.03 bits per heavy atom. The summed E-state index contributed by atoms with van der Waals surface area (Å²) in [7, 11) is 8.27. The van der Waals surface area contributed by atoms with Crippen LogP contribution < -0.4 is 9.88 Å². The molecule has 0 bridgehead atoms. The molecule has 1 aromatic heterocycles. The van der Waals surface area contributed by atoms with Crippen molar-refractivity contribution >= 4 is 29.8 Å². The molecule has 1 heterocycles. The molecule has 0 amide bonds. The van der Waals surface area contributed by atoms with E-state index in [-0.39, 0.29) is 6.15 Å². The van der Waals surface area contributed by atoms with E-state index in [1.165, 1.54) is 16.8 Å². The Labute approximate surface area is 228 Å². The minimum atomic E-state index is -1.48. The number of nitrogens with zero attached hydrogens (tertiary/aromatic N) is 1. The smallest absolute Gasteiger partial charge is 0.693 e. The van der Waals surface area contributed by atoms with E-state index in [0.717, 1.165) is 49.1 Å². The maximum absolute atomic E-state index is 11.6. The number of aromatic nitrogens is 1. The minimum Gasteiger partial charge on any atom is -0.693 e. The van der Waals surface area contributed by atoms with Crippen molar-refractivity contribution < 1.29 is 25.4 Å². The van der Waals surface area contributed by atoms with Crippen LogP contribution in [0, 0.1) is 6.92 Å². The summed E-state index contributed by atoms with van der Waals surface area (Å²) in [5.41, 5.74) is 13.3. The number of hydrogen-bond donors (Lipinski definition) is 1. The summed E-state index contributed by atoms with van der Waals surface area (Å²) >= 11 is -0.472. The topological polar surface area (TPSA) is 115 Å². The molecule has 6 nitrogen and oxygen atoms in total. The summed E-state index contributed by atoms with van der Waals surface area (Å²) in [5, 5.41) is 5.52. The summed E-state index contributed by atoms with van der Waals surface area (Å²) < 4.78 is 19.4. The zero-order valence-electron chi connectivity index (χ0n) is 20.0. The molecule has 2 aromatic carbocycles. The number of aryl methyl sites for hydroxylation is 1. The molecular formula is C25H34Cl2N4O2PtS. The Morgan fingerprint density at radius 2 is 1.63 bits per heavy atom. The van der Waals surface area contributed by atoms with E-state index >= 15 is 0 Å². The SMILES string of the molecule is CCOc1ccc(-c2c(CCCCCC[NH-])c(C)cn2-c2ccc(S(N)=O)cc2)cc1.[Cl][Pt+2][Cl].[NH2-]. The third-order valence-electron chi connectivity index (χ3n) is 5.47. The molecule has 0 saturated carbocycles. The van der Waals surface area contributed by atoms with Gasteiger partial charge in [-0.2, -0.15) is 6.54 Å². The van der Waals surface area contributed by atoms with Crippen LogP contribution in [0.25, 0.3) is 28.8 Å². The Kier molecular flexibility index (Phi) is 15.7. The first-order chi connectivity index (χ1) is 16.5. The van der Waals surface area contributed by atoms with Gasteiger partial charge in [-0.05, 0) is 91.9 Å². The molecule has 10 heteroatoms. The van der Waals surface area contributed by atoms with Gasteiger partial charge in [-0.3, -0.25) is 0 Å². The molecule has 5 N–H and O–H groups in total. The van der Waals surface area contributed by atoms with Crippen LogP contribution in [-0.4, -0.2) is 21.9 Å². The van der Waals surface area contributed by atoms with E-state index in [4.69, 9.17) is 34.4 Å². The van der Waals surface area contributed by atoms with Crippen LogP contribution in [0.2, 0.25) is 0 Å². The van der Waals surface area contributed by atoms with Crippen molar-refractivity contribution in [3.8, 4) is 22.7 Å². The fourth-order valence-electron chi connectivity index (χ4n) is 3.90. The Balaban J connectivity index is 0.00000145. The Hall–Kier alpha value is -1.18. The van der Waals surface area contributed by atoms with E-state index in [2.05, 4.69) is 29.8 Å². The van der Waals surface area contributed by atoms with Gasteiger partial charge in [0.25, 0.3) is 0 Å². The Bertz CT molecular complexity index is 1030. The van der Waals surface area contributed by atoms with Crippen LogP contribution >= 0.6 is 18.8 Å². The average molecular weight is 721 g/mol. The van der Waals surface area contributed by atoms with Crippen LogP contribution in [0.15, 0.2) is 59.6 Å². The summed E-state index contributed by atoms with van der Waals surface area (Å²) in [6.45, 7) is 5.31. The number of rotatable bonds is 11. The number of nitrogens with one attached hydrogen (secondary N) is 1. The number of hydrogen-bond acceptors (Lipinski definition) is 2. The molecule has 35 heavy (non-hydrogen) atoms. The van der Waals surface area contributed by atoms with Gasteiger partial charge in [0, 0.05) is 11.9 Å². The molecule has 0 fully saturated rings. The van der Waals surface area contributed by atoms with Crippen molar-refractivity contribution in [2.45, 2.75) is 50.8 Å². The maximum atomic E-state index is 11.6. The molecule has 0 saturated heterocycles. The van der Waals surface area contributed by atoms with Crippen molar-refractivity contribution in [1.29, 1.82) is 0 Å². The molecule has 0 aliphatic rings. The zero-order valence-corrected chi connectivity index (χ0v) is 24.6. The fraction of sp³-hybridized carbons (Fsp3) is 0.360. The first-order valence-electron chi connectivity index (χ1n) is 11.1. The minimum absolute atomic E-state index is 0. The van der Waals surface area contributed by atoms with E-state index in [1.54, 1.807) is 0 Å². The van der Waals surface area contributed by atoms with E-state index in [9.17, 15) is 4.21 Å². The first kappa shape index (κ1) is 31.8. The molecule has 196 valence electrons. The number of nitrogens with two attached hydrogens (primary N) is 2. The predicted molar refractivity (Wildman–Crippen MR) is 146 cm³/mol. The molecule has 3 rings (SSSR count). The van der Waals surface area contributed by atoms with E-state index in [1.807, 2.05) is 43.3 Å². The van der Waals surface area contributed by atoms with Crippen molar-refractivity contribution in [3.63, 3.8) is 0 Å². The number of halogens is 2. The second-order valence-electron chi connectivity index (χ2n) is 7.72. The summed E-state index contributed by atoms with van der Waals surface area (Å²) in [5.74, 6) is 0.868.